The summed E-state index contributed by atoms with van der Waals surface area (Å²) in [5, 5.41) is 0. The van der Waals surface area contributed by atoms with E-state index >= 15 is 0 Å². The Balaban J connectivity index is 1.18. The van der Waals surface area contributed by atoms with Gasteiger partial charge in [-0.25, -0.2) is 0 Å². The van der Waals surface area contributed by atoms with E-state index in [0.29, 0.717) is 0 Å². The number of fused-ring (bicyclic) bond motifs is 11. The van der Waals surface area contributed by atoms with Crippen molar-refractivity contribution in [3.05, 3.63) is 245 Å². The lowest BCUT2D eigenvalue weighted by Crippen LogP contribution is -2.38. The fraction of sp³-hybridized carbons (Fsp3) is 0.0566. The van der Waals surface area contributed by atoms with Crippen molar-refractivity contribution in [1.82, 2.24) is 0 Å². The normalized spacial score (nSPS) is 16.6. The minimum absolute atomic E-state index is 0.0102. The lowest BCUT2D eigenvalue weighted by molar-refractivity contribution is 0.654. The molecule has 54 heavy (non-hydrogen) atoms. The first-order chi connectivity index (χ1) is 26.8. The first-order valence-electron chi connectivity index (χ1n) is 19.0. The van der Waals surface area contributed by atoms with Crippen molar-refractivity contribution >= 4 is 17.5 Å². The number of hydrogen-bond acceptors (Lipinski definition) is 1. The number of nitrogens with zero attached hydrogens (tertiary/aromatic N) is 1. The second kappa shape index (κ2) is 12.2. The molecule has 8 aromatic rings. The zero-order valence-electron chi connectivity index (χ0n) is 29.8. The van der Waals surface area contributed by atoms with Crippen LogP contribution >= 0.6 is 0 Å². The molecule has 0 heterocycles. The van der Waals surface area contributed by atoms with E-state index in [1.165, 1.54) is 83.7 Å². The number of benzene rings is 8. The maximum Gasteiger partial charge on any atom is 0.0728 e. The van der Waals surface area contributed by atoms with Crippen molar-refractivity contribution in [1.29, 1.82) is 0 Å². The quantitative estimate of drug-likeness (QED) is 0.174. The molecule has 3 aliphatic carbocycles. The Labute approximate surface area is 317 Å². The minimum Gasteiger partial charge on any atom is -0.334 e. The zero-order chi connectivity index (χ0) is 35.6. The van der Waals surface area contributed by atoms with Crippen LogP contribution in [0.25, 0.3) is 39.5 Å². The highest BCUT2D eigenvalue weighted by Gasteiger charge is 2.53. The monoisotopic (exact) mass is 687 g/mol. The van der Waals surface area contributed by atoms with Crippen molar-refractivity contribution in [3.63, 3.8) is 0 Å². The second-order valence-corrected chi connectivity index (χ2v) is 14.7. The minimum atomic E-state index is -0.439. The van der Waals surface area contributed by atoms with E-state index in [1.54, 1.807) is 0 Å². The van der Waals surface area contributed by atoms with Gasteiger partial charge < -0.3 is 4.90 Å². The molecule has 0 saturated carbocycles. The Morgan fingerprint density at radius 2 is 0.852 bits per heavy atom. The van der Waals surface area contributed by atoms with Gasteiger partial charge in [-0.3, -0.25) is 0 Å². The molecule has 0 aromatic heterocycles. The third-order valence-electron chi connectivity index (χ3n) is 12.1. The van der Waals surface area contributed by atoms with Gasteiger partial charge in [-0.2, -0.15) is 0 Å². The molecule has 1 heteroatoms. The molecule has 254 valence electrons. The van der Waals surface area contributed by atoms with E-state index < -0.39 is 5.41 Å². The molecule has 1 nitrogen and oxygen atoms in total. The van der Waals surface area contributed by atoms with Crippen LogP contribution in [0, 0.1) is 0 Å². The zero-order valence-corrected chi connectivity index (χ0v) is 29.8. The van der Waals surface area contributed by atoms with Gasteiger partial charge in [0.15, 0.2) is 0 Å². The topological polar surface area (TPSA) is 3.24 Å². The molecular formula is C53H37N. The Morgan fingerprint density at radius 3 is 1.52 bits per heavy atom. The van der Waals surface area contributed by atoms with Gasteiger partial charge in [-0.15, -0.1) is 0 Å². The summed E-state index contributed by atoms with van der Waals surface area (Å²) in [5.74, 6) is 0.0290. The Hall–Kier alpha value is -6.70. The van der Waals surface area contributed by atoms with Crippen molar-refractivity contribution in [2.45, 2.75) is 17.4 Å². The summed E-state index contributed by atoms with van der Waals surface area (Å²) >= 11 is 0. The highest BCUT2D eigenvalue weighted by molar-refractivity contribution is 5.96. The standard InChI is InChI=1S/C53H37N/c1-3-16-36(17-4-1)37-30-33-40(34-31-37)54(39-19-5-2-6-20-39)50-35-32-38-18-7-8-21-41(38)51(50)46-26-15-25-45-44-24-11-14-29-49(44)53(52(45)46)47-27-12-9-22-42(47)43-23-10-13-28-48(43)53/h1-35,50-51H. The molecule has 3 aliphatic rings. The summed E-state index contributed by atoms with van der Waals surface area (Å²) in [4.78, 5) is 2.57. The van der Waals surface area contributed by atoms with Crippen LogP contribution in [0.15, 0.2) is 206 Å². The molecule has 0 aliphatic heterocycles. The van der Waals surface area contributed by atoms with E-state index in [9.17, 15) is 0 Å². The lowest BCUT2D eigenvalue weighted by atomic mass is 9.66. The van der Waals surface area contributed by atoms with Crippen LogP contribution in [0.1, 0.15) is 44.9 Å². The van der Waals surface area contributed by atoms with Crippen LogP contribution < -0.4 is 4.90 Å². The summed E-state index contributed by atoms with van der Waals surface area (Å²) in [7, 11) is 0. The summed E-state index contributed by atoms with van der Waals surface area (Å²) in [6.45, 7) is 0. The molecule has 2 unspecified atom stereocenters. The summed E-state index contributed by atoms with van der Waals surface area (Å²) < 4.78 is 0. The molecule has 0 radical (unpaired) electrons. The maximum atomic E-state index is 2.57. The number of rotatable bonds is 5. The molecule has 0 saturated heterocycles. The Morgan fingerprint density at radius 1 is 0.370 bits per heavy atom. The van der Waals surface area contributed by atoms with Gasteiger partial charge in [0, 0.05) is 17.3 Å². The average molecular weight is 688 g/mol. The van der Waals surface area contributed by atoms with Crippen molar-refractivity contribution in [2.75, 3.05) is 4.90 Å². The van der Waals surface area contributed by atoms with Gasteiger partial charge in [0.2, 0.25) is 0 Å². The lowest BCUT2D eigenvalue weighted by Gasteiger charge is -2.42. The molecule has 0 amide bonds. The summed E-state index contributed by atoms with van der Waals surface area (Å²) in [6.07, 6.45) is 4.80. The van der Waals surface area contributed by atoms with Crippen molar-refractivity contribution < 1.29 is 0 Å². The molecule has 11 rings (SSSR count). The van der Waals surface area contributed by atoms with Gasteiger partial charge in [0.1, 0.15) is 0 Å². The second-order valence-electron chi connectivity index (χ2n) is 14.7. The van der Waals surface area contributed by atoms with Gasteiger partial charge in [0.25, 0.3) is 0 Å². The number of hydrogen-bond donors (Lipinski definition) is 0. The van der Waals surface area contributed by atoms with E-state index in [1.807, 2.05) is 0 Å². The molecule has 2 atom stereocenters. The van der Waals surface area contributed by atoms with Gasteiger partial charge in [-0.1, -0.05) is 188 Å². The molecule has 8 aromatic carbocycles. The van der Waals surface area contributed by atoms with E-state index in [-0.39, 0.29) is 12.0 Å². The number of para-hydroxylation sites is 1. The summed E-state index contributed by atoms with van der Waals surface area (Å²) in [6, 6.07) is 74.3. The van der Waals surface area contributed by atoms with E-state index in [0.717, 1.165) is 0 Å². The summed E-state index contributed by atoms with van der Waals surface area (Å²) in [5.41, 5.74) is 19.2. The predicted octanol–water partition coefficient (Wildman–Crippen LogP) is 13.1. The molecule has 0 bridgehead atoms. The Bertz CT molecular complexity index is 2660. The first-order valence-corrected chi connectivity index (χ1v) is 19.0. The van der Waals surface area contributed by atoms with Crippen molar-refractivity contribution in [3.8, 4) is 33.4 Å². The van der Waals surface area contributed by atoms with E-state index in [4.69, 9.17) is 0 Å². The highest BCUT2D eigenvalue weighted by Crippen LogP contribution is 2.64. The van der Waals surface area contributed by atoms with Crippen LogP contribution in [0.4, 0.5) is 11.4 Å². The highest BCUT2D eigenvalue weighted by atomic mass is 15.2. The third kappa shape index (κ3) is 4.39. The number of anilines is 2. The van der Waals surface area contributed by atoms with Crippen LogP contribution in [-0.4, -0.2) is 6.04 Å². The van der Waals surface area contributed by atoms with Crippen LogP contribution in [0.5, 0.6) is 0 Å². The fourth-order valence-corrected chi connectivity index (χ4v) is 10.0. The van der Waals surface area contributed by atoms with Gasteiger partial charge in [0.05, 0.1) is 11.5 Å². The SMILES string of the molecule is C1=CC(N(c2ccccc2)c2ccc(-c3ccccc3)cc2)C(c2cccc3c2C2(c4ccccc4-c4ccccc42)c2ccccc2-3)c2ccccc21. The first kappa shape index (κ1) is 30.9. The molecule has 0 fully saturated rings. The molecular weight excluding hydrogens is 651 g/mol. The van der Waals surface area contributed by atoms with Gasteiger partial charge >= 0.3 is 0 Å². The molecule has 1 spiro atoms. The van der Waals surface area contributed by atoms with Crippen LogP contribution in [0.2, 0.25) is 0 Å². The van der Waals surface area contributed by atoms with Crippen molar-refractivity contribution in [2.24, 2.45) is 0 Å². The van der Waals surface area contributed by atoms with E-state index in [2.05, 4.69) is 217 Å². The van der Waals surface area contributed by atoms with Gasteiger partial charge in [-0.05, 0) is 96.6 Å². The van der Waals surface area contributed by atoms with Crippen LogP contribution in [-0.2, 0) is 5.41 Å². The third-order valence-corrected chi connectivity index (χ3v) is 12.1. The largest absolute Gasteiger partial charge is 0.334 e. The Kier molecular flexibility index (Phi) is 6.97. The molecule has 0 N–H and O–H groups in total. The smallest absolute Gasteiger partial charge is 0.0728 e. The average Bonchev–Trinajstić information content (AvgIpc) is 3.72. The maximum absolute atomic E-state index is 2.57. The van der Waals surface area contributed by atoms with Crippen LogP contribution in [0.3, 0.4) is 0 Å². The fourth-order valence-electron chi connectivity index (χ4n) is 10.0. The predicted molar refractivity (Wildman–Crippen MR) is 224 cm³/mol.